The van der Waals surface area contributed by atoms with E-state index >= 15 is 0 Å². The third-order valence-electron chi connectivity index (χ3n) is 3.59. The van der Waals surface area contributed by atoms with Crippen molar-refractivity contribution in [2.45, 2.75) is 6.54 Å². The first kappa shape index (κ1) is 20.7. The zero-order chi connectivity index (χ0) is 19.8. The molecule has 0 saturated heterocycles. The van der Waals surface area contributed by atoms with Crippen LogP contribution in [0.2, 0.25) is 10.0 Å². The second-order valence-corrected chi connectivity index (χ2v) is 6.60. The first-order valence-electron chi connectivity index (χ1n) is 8.03. The average Bonchev–Trinajstić information content (AvgIpc) is 2.64. The number of nitrogens with one attached hydrogen (secondary N) is 1. The van der Waals surface area contributed by atoms with E-state index in [1.807, 2.05) is 6.07 Å². The lowest BCUT2D eigenvalue weighted by atomic mass is 10.2. The SMILES string of the molecule is CN(Cc1cccc(Cl)c1)C(=O)COC(=O)CNC(=O)c1ccc(Cl)cc1. The first-order chi connectivity index (χ1) is 12.8. The van der Waals surface area contributed by atoms with E-state index in [-0.39, 0.29) is 12.5 Å². The van der Waals surface area contributed by atoms with Crippen molar-refractivity contribution in [2.75, 3.05) is 20.2 Å². The summed E-state index contributed by atoms with van der Waals surface area (Å²) in [5.74, 6) is -1.51. The monoisotopic (exact) mass is 408 g/mol. The van der Waals surface area contributed by atoms with E-state index < -0.39 is 18.5 Å². The highest BCUT2D eigenvalue weighted by Crippen LogP contribution is 2.12. The van der Waals surface area contributed by atoms with Crippen LogP contribution in [0.15, 0.2) is 48.5 Å². The van der Waals surface area contributed by atoms with Gasteiger partial charge in [-0.15, -0.1) is 0 Å². The smallest absolute Gasteiger partial charge is 0.325 e. The van der Waals surface area contributed by atoms with E-state index in [4.69, 9.17) is 27.9 Å². The van der Waals surface area contributed by atoms with E-state index in [2.05, 4.69) is 5.32 Å². The van der Waals surface area contributed by atoms with Gasteiger partial charge < -0.3 is 15.0 Å². The second-order valence-electron chi connectivity index (χ2n) is 5.73. The zero-order valence-electron chi connectivity index (χ0n) is 14.6. The predicted octanol–water partition coefficient (Wildman–Crippen LogP) is 2.93. The van der Waals surface area contributed by atoms with Gasteiger partial charge in [0.2, 0.25) is 0 Å². The summed E-state index contributed by atoms with van der Waals surface area (Å²) in [5.41, 5.74) is 1.23. The third kappa shape index (κ3) is 6.92. The molecule has 0 unspecified atom stereocenters. The lowest BCUT2D eigenvalue weighted by molar-refractivity contribution is -0.150. The zero-order valence-corrected chi connectivity index (χ0v) is 16.1. The topological polar surface area (TPSA) is 75.7 Å². The number of benzene rings is 2. The second kappa shape index (κ2) is 9.94. The van der Waals surface area contributed by atoms with Gasteiger partial charge >= 0.3 is 5.97 Å². The van der Waals surface area contributed by atoms with E-state index in [9.17, 15) is 14.4 Å². The number of hydrogen-bond donors (Lipinski definition) is 1. The van der Waals surface area contributed by atoms with Crippen LogP contribution in [0.25, 0.3) is 0 Å². The van der Waals surface area contributed by atoms with Gasteiger partial charge in [0.25, 0.3) is 11.8 Å². The summed E-state index contributed by atoms with van der Waals surface area (Å²) < 4.78 is 4.90. The summed E-state index contributed by atoms with van der Waals surface area (Å²) in [7, 11) is 1.60. The summed E-state index contributed by atoms with van der Waals surface area (Å²) in [4.78, 5) is 37.1. The molecule has 6 nitrogen and oxygen atoms in total. The molecular formula is C19H18Cl2N2O4. The Morgan fingerprint density at radius 2 is 1.74 bits per heavy atom. The summed E-state index contributed by atoms with van der Waals surface area (Å²) >= 11 is 11.7. The van der Waals surface area contributed by atoms with Crippen LogP contribution in [0.1, 0.15) is 15.9 Å². The number of rotatable bonds is 7. The fraction of sp³-hybridized carbons (Fsp3) is 0.211. The first-order valence-corrected chi connectivity index (χ1v) is 8.78. The fourth-order valence-corrected chi connectivity index (χ4v) is 2.50. The number of amides is 2. The molecule has 2 aromatic carbocycles. The summed E-state index contributed by atoms with van der Waals surface area (Å²) in [6.45, 7) is -0.413. The molecule has 0 aromatic heterocycles. The molecule has 0 radical (unpaired) electrons. The van der Waals surface area contributed by atoms with Crippen molar-refractivity contribution in [3.8, 4) is 0 Å². The van der Waals surface area contributed by atoms with Gasteiger partial charge in [0.1, 0.15) is 6.54 Å². The lowest BCUT2D eigenvalue weighted by Gasteiger charge is -2.17. The Kier molecular flexibility index (Phi) is 7.64. The van der Waals surface area contributed by atoms with Crippen molar-refractivity contribution in [3.05, 3.63) is 69.7 Å². The van der Waals surface area contributed by atoms with Crippen LogP contribution in [-0.2, 0) is 20.9 Å². The molecule has 0 spiro atoms. The van der Waals surface area contributed by atoms with Crippen LogP contribution in [0.3, 0.4) is 0 Å². The van der Waals surface area contributed by atoms with Crippen LogP contribution >= 0.6 is 23.2 Å². The van der Waals surface area contributed by atoms with Gasteiger partial charge in [0, 0.05) is 29.2 Å². The van der Waals surface area contributed by atoms with Crippen molar-refractivity contribution in [3.63, 3.8) is 0 Å². The molecule has 2 aromatic rings. The Morgan fingerprint density at radius 3 is 2.41 bits per heavy atom. The fourth-order valence-electron chi connectivity index (χ4n) is 2.16. The molecule has 27 heavy (non-hydrogen) atoms. The molecule has 0 aliphatic carbocycles. The largest absolute Gasteiger partial charge is 0.454 e. The van der Waals surface area contributed by atoms with Crippen molar-refractivity contribution in [1.29, 1.82) is 0 Å². The van der Waals surface area contributed by atoms with Crippen molar-refractivity contribution >= 4 is 41.0 Å². The Morgan fingerprint density at radius 1 is 1.04 bits per heavy atom. The molecule has 8 heteroatoms. The van der Waals surface area contributed by atoms with Crippen LogP contribution in [0.4, 0.5) is 0 Å². The van der Waals surface area contributed by atoms with Crippen LogP contribution in [0.5, 0.6) is 0 Å². The number of ether oxygens (including phenoxy) is 1. The molecule has 2 rings (SSSR count). The van der Waals surface area contributed by atoms with E-state index in [0.717, 1.165) is 5.56 Å². The van der Waals surface area contributed by atoms with Crippen LogP contribution < -0.4 is 5.32 Å². The van der Waals surface area contributed by atoms with Crippen molar-refractivity contribution in [2.24, 2.45) is 0 Å². The Labute approximate surface area is 167 Å². The molecule has 142 valence electrons. The molecule has 1 N–H and O–H groups in total. The quantitative estimate of drug-likeness (QED) is 0.714. The summed E-state index contributed by atoms with van der Waals surface area (Å²) in [5, 5.41) is 3.51. The highest BCUT2D eigenvalue weighted by Gasteiger charge is 2.14. The molecule has 2 amide bonds. The molecule has 0 atom stereocenters. The van der Waals surface area contributed by atoms with Gasteiger partial charge in [-0.3, -0.25) is 14.4 Å². The number of nitrogens with zero attached hydrogens (tertiary/aromatic N) is 1. The Balaban J connectivity index is 1.73. The number of likely N-dealkylation sites (N-methyl/N-ethyl adjacent to an activating group) is 1. The molecule has 0 aliphatic rings. The van der Waals surface area contributed by atoms with Gasteiger partial charge in [0.15, 0.2) is 6.61 Å². The molecule has 0 bridgehead atoms. The molecule has 0 aliphatic heterocycles. The Bertz CT molecular complexity index is 825. The molecule has 0 saturated carbocycles. The molecular weight excluding hydrogens is 391 g/mol. The highest BCUT2D eigenvalue weighted by molar-refractivity contribution is 6.30. The minimum absolute atomic E-state index is 0.338. The van der Waals surface area contributed by atoms with Gasteiger partial charge in [0.05, 0.1) is 0 Å². The maximum Gasteiger partial charge on any atom is 0.325 e. The number of hydrogen-bond acceptors (Lipinski definition) is 4. The maximum atomic E-state index is 12.0. The van der Waals surface area contributed by atoms with Crippen molar-refractivity contribution in [1.82, 2.24) is 10.2 Å². The highest BCUT2D eigenvalue weighted by atomic mass is 35.5. The predicted molar refractivity (Wildman–Crippen MR) is 103 cm³/mol. The normalized spacial score (nSPS) is 10.2. The van der Waals surface area contributed by atoms with Crippen LogP contribution in [0, 0.1) is 0 Å². The van der Waals surface area contributed by atoms with E-state index in [1.54, 1.807) is 37.4 Å². The number of halogens is 2. The van der Waals surface area contributed by atoms with Crippen LogP contribution in [-0.4, -0.2) is 42.9 Å². The molecule has 0 fully saturated rings. The third-order valence-corrected chi connectivity index (χ3v) is 4.08. The van der Waals surface area contributed by atoms with Crippen molar-refractivity contribution < 1.29 is 19.1 Å². The molecule has 0 heterocycles. The number of carbonyl (C=O) groups is 3. The minimum Gasteiger partial charge on any atom is -0.454 e. The lowest BCUT2D eigenvalue weighted by Crippen LogP contribution is -2.34. The maximum absolute atomic E-state index is 12.0. The Hall–Kier alpha value is -2.57. The number of carbonyl (C=O) groups excluding carboxylic acids is 3. The average molecular weight is 409 g/mol. The van der Waals surface area contributed by atoms with E-state index in [0.29, 0.717) is 22.2 Å². The van der Waals surface area contributed by atoms with Gasteiger partial charge in [-0.2, -0.15) is 0 Å². The number of esters is 1. The summed E-state index contributed by atoms with van der Waals surface area (Å²) in [6.07, 6.45) is 0. The summed E-state index contributed by atoms with van der Waals surface area (Å²) in [6, 6.07) is 13.4. The minimum atomic E-state index is -0.707. The standard InChI is InChI=1S/C19H18Cl2N2O4/c1-23(11-13-3-2-4-16(21)9-13)17(24)12-27-18(25)10-22-19(26)14-5-7-15(20)8-6-14/h2-9H,10-12H2,1H3,(H,22,26). The van der Waals surface area contributed by atoms with E-state index in [1.165, 1.54) is 17.0 Å². The van der Waals surface area contributed by atoms with Gasteiger partial charge in [-0.25, -0.2) is 0 Å². The van der Waals surface area contributed by atoms with Gasteiger partial charge in [-0.05, 0) is 42.0 Å². The van der Waals surface area contributed by atoms with Gasteiger partial charge in [-0.1, -0.05) is 35.3 Å².